The van der Waals surface area contributed by atoms with E-state index in [1.165, 1.54) is 36.4 Å². The number of sulfonamides is 1. The first-order valence-corrected chi connectivity index (χ1v) is 13.9. The van der Waals surface area contributed by atoms with Gasteiger partial charge in [-0.15, -0.1) is 0 Å². The van der Waals surface area contributed by atoms with Crippen molar-refractivity contribution in [2.45, 2.75) is 17.4 Å². The number of carbonyl (C=O) groups excluding carboxylic acids is 2. The smallest absolute Gasteiger partial charge is 0.327 e. The minimum Gasteiger partial charge on any atom is -0.483 e. The van der Waals surface area contributed by atoms with Gasteiger partial charge < -0.3 is 20.3 Å². The molecule has 38 heavy (non-hydrogen) atoms. The molecule has 0 aliphatic carbocycles. The number of amides is 2. The zero-order valence-corrected chi connectivity index (χ0v) is 23.0. The molecule has 2 aromatic carbocycles. The van der Waals surface area contributed by atoms with E-state index in [2.05, 4.69) is 21.2 Å². The van der Waals surface area contributed by atoms with Crippen molar-refractivity contribution in [1.82, 2.24) is 4.90 Å². The van der Waals surface area contributed by atoms with Crippen molar-refractivity contribution in [2.24, 2.45) is 5.14 Å². The van der Waals surface area contributed by atoms with E-state index >= 15 is 0 Å². The normalized spacial score (nSPS) is 15.4. The molecule has 5 N–H and O–H groups in total. The largest absolute Gasteiger partial charge is 0.483 e. The fourth-order valence-electron chi connectivity index (χ4n) is 3.18. The lowest BCUT2D eigenvalue weighted by Crippen LogP contribution is -2.45. The Labute approximate surface area is 234 Å². The van der Waals surface area contributed by atoms with Crippen molar-refractivity contribution >= 4 is 89.8 Å². The molecule has 1 aliphatic rings. The quantitative estimate of drug-likeness (QED) is 0.219. The van der Waals surface area contributed by atoms with Crippen molar-refractivity contribution in [1.29, 1.82) is 0 Å². The van der Waals surface area contributed by atoms with Crippen LogP contribution in [0.1, 0.15) is 12.0 Å². The van der Waals surface area contributed by atoms with Gasteiger partial charge in [0.15, 0.2) is 6.61 Å². The first-order valence-electron chi connectivity index (χ1n) is 10.3. The number of primary sulfonamides is 1. The summed E-state index contributed by atoms with van der Waals surface area (Å²) in [7, 11) is -3.88. The average Bonchev–Trinajstić information content (AvgIpc) is 3.09. The summed E-state index contributed by atoms with van der Waals surface area (Å²) < 4.78 is 28.8. The van der Waals surface area contributed by atoms with Crippen molar-refractivity contribution in [3.8, 4) is 5.75 Å². The number of carboxylic acids is 2. The number of rotatable bonds is 10. The lowest BCUT2D eigenvalue weighted by Gasteiger charge is -2.21. The second kappa shape index (κ2) is 12.0. The van der Waals surface area contributed by atoms with Crippen molar-refractivity contribution in [3.05, 3.63) is 57.4 Å². The summed E-state index contributed by atoms with van der Waals surface area (Å²) in [6.45, 7) is -0.444. The lowest BCUT2D eigenvalue weighted by atomic mass is 10.1. The molecule has 1 unspecified atom stereocenters. The Balaban J connectivity index is 1.76. The van der Waals surface area contributed by atoms with Crippen LogP contribution in [0.15, 0.2) is 56.7 Å². The summed E-state index contributed by atoms with van der Waals surface area (Å²) >= 11 is 9.25. The highest BCUT2D eigenvalue weighted by Crippen LogP contribution is 2.36. The molecule has 0 radical (unpaired) electrons. The highest BCUT2D eigenvalue weighted by molar-refractivity contribution is 9.10. The maximum absolute atomic E-state index is 12.9. The molecule has 1 heterocycles. The number of nitrogens with one attached hydrogen (secondary N) is 1. The number of anilines is 1. The topological polar surface area (TPSA) is 193 Å². The van der Waals surface area contributed by atoms with Crippen LogP contribution in [-0.2, 0) is 29.2 Å². The molecular weight excluding hydrogens is 626 g/mol. The minimum absolute atomic E-state index is 0.0361. The van der Waals surface area contributed by atoms with Crippen LogP contribution in [0.25, 0.3) is 6.08 Å². The van der Waals surface area contributed by atoms with E-state index in [1.807, 2.05) is 0 Å². The van der Waals surface area contributed by atoms with E-state index in [0.29, 0.717) is 15.7 Å². The number of halogens is 1. The molecule has 1 atom stereocenters. The van der Waals surface area contributed by atoms with E-state index in [1.54, 1.807) is 12.1 Å². The number of hydrogen-bond acceptors (Lipinski definition) is 9. The first kappa shape index (κ1) is 29.2. The molecule has 0 saturated carbocycles. The second-order valence-electron chi connectivity index (χ2n) is 7.59. The van der Waals surface area contributed by atoms with Gasteiger partial charge in [-0.1, -0.05) is 39.9 Å². The molecule has 0 spiro atoms. The number of thiocarbonyl (C=S) groups is 1. The maximum atomic E-state index is 12.9. The van der Waals surface area contributed by atoms with Crippen LogP contribution in [0.4, 0.5) is 5.69 Å². The number of aliphatic carboxylic acids is 2. The number of benzene rings is 2. The van der Waals surface area contributed by atoms with Crippen LogP contribution in [0, 0.1) is 0 Å². The molecule has 2 amide bonds. The minimum atomic E-state index is -3.88. The van der Waals surface area contributed by atoms with Gasteiger partial charge in [0.2, 0.25) is 10.0 Å². The van der Waals surface area contributed by atoms with E-state index in [0.717, 1.165) is 16.7 Å². The van der Waals surface area contributed by atoms with Gasteiger partial charge in [-0.2, -0.15) is 0 Å². The molecule has 2 aromatic rings. The van der Waals surface area contributed by atoms with Crippen molar-refractivity contribution in [3.63, 3.8) is 0 Å². The molecule has 0 bridgehead atoms. The molecule has 12 nitrogen and oxygen atoms in total. The first-order chi connectivity index (χ1) is 17.8. The molecular formula is C22H18BrN3O9S3. The Kier molecular flexibility index (Phi) is 9.26. The van der Waals surface area contributed by atoms with Gasteiger partial charge in [0.1, 0.15) is 16.1 Å². The lowest BCUT2D eigenvalue weighted by molar-refractivity contribution is -0.150. The summed E-state index contributed by atoms with van der Waals surface area (Å²) in [4.78, 5) is 48.6. The molecule has 1 aliphatic heterocycles. The van der Waals surface area contributed by atoms with Gasteiger partial charge in [0.25, 0.3) is 11.8 Å². The number of carbonyl (C=O) groups is 4. The Morgan fingerprint density at radius 3 is 2.42 bits per heavy atom. The van der Waals surface area contributed by atoms with Crippen LogP contribution >= 0.6 is 39.9 Å². The van der Waals surface area contributed by atoms with Crippen molar-refractivity contribution in [2.75, 3.05) is 11.9 Å². The van der Waals surface area contributed by atoms with Crippen molar-refractivity contribution < 1.29 is 42.5 Å². The van der Waals surface area contributed by atoms with Crippen LogP contribution in [0.2, 0.25) is 0 Å². The van der Waals surface area contributed by atoms with Gasteiger partial charge in [0.05, 0.1) is 16.2 Å². The number of nitrogens with two attached hydrogens (primary N) is 1. The Morgan fingerprint density at radius 2 is 1.84 bits per heavy atom. The third-order valence-electron chi connectivity index (χ3n) is 4.87. The van der Waals surface area contributed by atoms with Crippen LogP contribution in [0.5, 0.6) is 5.75 Å². The fraction of sp³-hybridized carbons (Fsp3) is 0.136. The zero-order chi connectivity index (χ0) is 28.2. The van der Waals surface area contributed by atoms with E-state index < -0.39 is 52.8 Å². The third kappa shape index (κ3) is 7.38. The fourth-order valence-corrected chi connectivity index (χ4v) is 5.42. The SMILES string of the molecule is NS(=O)(=O)c1ccc(NC(=O)COc2ccc(Br)cc2/C=C2\SC(=S)N(C(CC(=O)O)C(=O)O)C2=O)cc1. The number of ether oxygens (including phenoxy) is 1. The summed E-state index contributed by atoms with van der Waals surface area (Å²) in [5.41, 5.74) is 0.662. The molecule has 1 fully saturated rings. The summed E-state index contributed by atoms with van der Waals surface area (Å²) in [6, 6.07) is 8.29. The Morgan fingerprint density at radius 1 is 1.18 bits per heavy atom. The summed E-state index contributed by atoms with van der Waals surface area (Å²) in [5, 5.41) is 26.0. The Bertz CT molecular complexity index is 1460. The van der Waals surface area contributed by atoms with Crippen LogP contribution in [-0.4, -0.2) is 64.3 Å². The molecule has 200 valence electrons. The van der Waals surface area contributed by atoms with E-state index in [9.17, 15) is 32.7 Å². The highest BCUT2D eigenvalue weighted by atomic mass is 79.9. The van der Waals surface area contributed by atoms with Gasteiger partial charge >= 0.3 is 11.9 Å². The predicted molar refractivity (Wildman–Crippen MR) is 145 cm³/mol. The predicted octanol–water partition coefficient (Wildman–Crippen LogP) is 2.24. The van der Waals surface area contributed by atoms with Gasteiger partial charge in [-0.25, -0.2) is 18.4 Å². The summed E-state index contributed by atoms with van der Waals surface area (Å²) in [6.07, 6.45) is 0.559. The number of hydrogen-bond donors (Lipinski definition) is 4. The zero-order valence-electron chi connectivity index (χ0n) is 19.0. The monoisotopic (exact) mass is 643 g/mol. The highest BCUT2D eigenvalue weighted by Gasteiger charge is 2.41. The number of nitrogens with zero attached hydrogens (tertiary/aromatic N) is 1. The van der Waals surface area contributed by atoms with E-state index in [4.69, 9.17) is 27.2 Å². The molecule has 0 aromatic heterocycles. The summed E-state index contributed by atoms with van der Waals surface area (Å²) in [5.74, 6) is -4.05. The van der Waals surface area contributed by atoms with Gasteiger partial charge in [-0.3, -0.25) is 19.3 Å². The van der Waals surface area contributed by atoms with Gasteiger partial charge in [0, 0.05) is 15.7 Å². The maximum Gasteiger partial charge on any atom is 0.327 e. The van der Waals surface area contributed by atoms with Gasteiger partial charge in [-0.05, 0) is 48.5 Å². The van der Waals surface area contributed by atoms with E-state index in [-0.39, 0.29) is 19.9 Å². The standard InChI is InChI=1S/C22H18BrN3O9S3/c23-12-1-6-16(35-10-18(27)25-13-2-4-14(5-3-13)38(24,33)34)11(7-12)8-17-20(30)26(22(36)37-17)15(21(31)32)9-19(28)29/h1-8,15H,9-10H2,(H,25,27)(H,28,29)(H,31,32)(H2,24,33,34)/b17-8-. The third-order valence-corrected chi connectivity index (χ3v) is 7.62. The second-order valence-corrected chi connectivity index (χ2v) is 11.7. The number of thioether (sulfide) groups is 1. The molecule has 16 heteroatoms. The molecule has 1 saturated heterocycles. The Hall–Kier alpha value is -3.31. The number of carboxylic acid groups (broad SMARTS) is 2. The van der Waals surface area contributed by atoms with Crippen LogP contribution in [0.3, 0.4) is 0 Å². The average molecular weight is 645 g/mol. The molecule has 3 rings (SSSR count). The van der Waals surface area contributed by atoms with Crippen LogP contribution < -0.4 is 15.2 Å².